The lowest BCUT2D eigenvalue weighted by molar-refractivity contribution is 0.126. The van der Waals surface area contributed by atoms with E-state index in [1.165, 1.54) is 0 Å². The van der Waals surface area contributed by atoms with Crippen molar-refractivity contribution in [2.75, 3.05) is 40.4 Å². The van der Waals surface area contributed by atoms with Crippen LogP contribution in [0.1, 0.15) is 13.3 Å². The average molecular weight is 216 g/mol. The zero-order chi connectivity index (χ0) is 11.3. The second kappa shape index (κ2) is 6.43. The maximum atomic E-state index is 9.68. The van der Waals surface area contributed by atoms with Crippen LogP contribution in [0.15, 0.2) is 0 Å². The van der Waals surface area contributed by atoms with Crippen LogP contribution in [-0.2, 0) is 4.74 Å². The number of aliphatic hydroxyl groups excluding tert-OH is 1. The second-order valence-electron chi connectivity index (χ2n) is 4.74. The van der Waals surface area contributed by atoms with Gasteiger partial charge in [0.1, 0.15) is 0 Å². The third-order valence-electron chi connectivity index (χ3n) is 2.92. The highest BCUT2D eigenvalue weighted by Gasteiger charge is 2.22. The molecular weight excluding hydrogens is 192 g/mol. The molecule has 2 N–H and O–H groups in total. The van der Waals surface area contributed by atoms with E-state index in [0.29, 0.717) is 25.0 Å². The van der Waals surface area contributed by atoms with Crippen LogP contribution in [0.3, 0.4) is 0 Å². The Bertz CT molecular complexity index is 170. The summed E-state index contributed by atoms with van der Waals surface area (Å²) in [5.74, 6) is 0.608. The summed E-state index contributed by atoms with van der Waals surface area (Å²) in [6, 6.07) is 0.435. The lowest BCUT2D eigenvalue weighted by Crippen LogP contribution is -2.41. The van der Waals surface area contributed by atoms with Crippen molar-refractivity contribution < 1.29 is 9.84 Å². The number of rotatable bonds is 6. The van der Waals surface area contributed by atoms with E-state index in [1.807, 2.05) is 19.0 Å². The number of nitrogens with one attached hydrogen (secondary N) is 1. The van der Waals surface area contributed by atoms with Crippen LogP contribution in [-0.4, -0.2) is 62.6 Å². The van der Waals surface area contributed by atoms with Gasteiger partial charge in [0, 0.05) is 25.7 Å². The van der Waals surface area contributed by atoms with Gasteiger partial charge in [-0.1, -0.05) is 0 Å². The fourth-order valence-electron chi connectivity index (χ4n) is 1.92. The molecule has 3 unspecified atom stereocenters. The Morgan fingerprint density at radius 1 is 1.53 bits per heavy atom. The lowest BCUT2D eigenvalue weighted by Gasteiger charge is -2.22. The van der Waals surface area contributed by atoms with Gasteiger partial charge in [-0.3, -0.25) is 0 Å². The van der Waals surface area contributed by atoms with Gasteiger partial charge < -0.3 is 20.1 Å². The van der Waals surface area contributed by atoms with Crippen molar-refractivity contribution in [2.24, 2.45) is 5.92 Å². The fourth-order valence-corrected chi connectivity index (χ4v) is 1.92. The first-order valence-electron chi connectivity index (χ1n) is 5.73. The fraction of sp³-hybridized carbons (Fsp3) is 1.00. The summed E-state index contributed by atoms with van der Waals surface area (Å²) in [6.45, 7) is 5.29. The normalized spacial score (nSPS) is 25.8. The van der Waals surface area contributed by atoms with E-state index >= 15 is 0 Å². The van der Waals surface area contributed by atoms with Crippen LogP contribution in [0.25, 0.3) is 0 Å². The molecule has 90 valence electrons. The number of aliphatic hydroxyl groups is 1. The molecule has 4 nitrogen and oxygen atoms in total. The van der Waals surface area contributed by atoms with Gasteiger partial charge in [-0.15, -0.1) is 0 Å². The monoisotopic (exact) mass is 216 g/mol. The molecule has 0 saturated carbocycles. The minimum Gasteiger partial charge on any atom is -0.390 e. The van der Waals surface area contributed by atoms with Crippen LogP contribution < -0.4 is 5.32 Å². The summed E-state index contributed by atoms with van der Waals surface area (Å²) in [7, 11) is 3.94. The Labute approximate surface area is 92.6 Å². The zero-order valence-corrected chi connectivity index (χ0v) is 10.1. The molecule has 1 saturated heterocycles. The van der Waals surface area contributed by atoms with Crippen molar-refractivity contribution in [3.05, 3.63) is 0 Å². The van der Waals surface area contributed by atoms with Gasteiger partial charge in [0.05, 0.1) is 12.7 Å². The molecule has 0 aromatic rings. The summed E-state index contributed by atoms with van der Waals surface area (Å²) in [6.07, 6.45) is 0.850. The van der Waals surface area contributed by atoms with Crippen LogP contribution in [0, 0.1) is 5.92 Å². The predicted molar refractivity (Wildman–Crippen MR) is 61.0 cm³/mol. The molecule has 1 heterocycles. The summed E-state index contributed by atoms with van der Waals surface area (Å²) in [5, 5.41) is 13.0. The Morgan fingerprint density at radius 2 is 2.27 bits per heavy atom. The van der Waals surface area contributed by atoms with Gasteiger partial charge in [-0.2, -0.15) is 0 Å². The van der Waals surface area contributed by atoms with E-state index in [2.05, 4.69) is 12.2 Å². The molecule has 0 aromatic carbocycles. The van der Waals surface area contributed by atoms with Crippen LogP contribution in [0.2, 0.25) is 0 Å². The molecule has 0 aliphatic carbocycles. The average Bonchev–Trinajstić information content (AvgIpc) is 2.65. The molecule has 1 aliphatic heterocycles. The van der Waals surface area contributed by atoms with Gasteiger partial charge in [0.2, 0.25) is 0 Å². The lowest BCUT2D eigenvalue weighted by atomic mass is 10.0. The van der Waals surface area contributed by atoms with E-state index in [9.17, 15) is 5.11 Å². The maximum Gasteiger partial charge on any atom is 0.0791 e. The third-order valence-corrected chi connectivity index (χ3v) is 2.92. The molecule has 1 aliphatic rings. The first kappa shape index (κ1) is 12.9. The van der Waals surface area contributed by atoms with Crippen molar-refractivity contribution in [3.8, 4) is 0 Å². The van der Waals surface area contributed by atoms with Gasteiger partial charge in [-0.05, 0) is 33.4 Å². The Hall–Kier alpha value is -0.160. The molecule has 0 spiro atoms. The Morgan fingerprint density at radius 3 is 2.80 bits per heavy atom. The third kappa shape index (κ3) is 4.93. The van der Waals surface area contributed by atoms with E-state index in [4.69, 9.17) is 4.74 Å². The smallest absolute Gasteiger partial charge is 0.0791 e. The van der Waals surface area contributed by atoms with Gasteiger partial charge >= 0.3 is 0 Å². The Kier molecular flexibility index (Phi) is 5.53. The molecule has 4 heteroatoms. The molecule has 3 atom stereocenters. The van der Waals surface area contributed by atoms with Crippen molar-refractivity contribution in [1.82, 2.24) is 10.2 Å². The molecule has 1 rings (SSSR count). The number of likely N-dealkylation sites (N-methyl/N-ethyl adjacent to an activating group) is 1. The first-order valence-corrected chi connectivity index (χ1v) is 5.73. The number of nitrogens with zero attached hydrogens (tertiary/aromatic N) is 1. The van der Waals surface area contributed by atoms with Crippen molar-refractivity contribution >= 4 is 0 Å². The minimum absolute atomic E-state index is 0.287. The topological polar surface area (TPSA) is 44.7 Å². The molecule has 15 heavy (non-hydrogen) atoms. The van der Waals surface area contributed by atoms with E-state index < -0.39 is 0 Å². The standard InChI is InChI=1S/C11H24N2O2/c1-9(10-4-5-15-8-10)12-6-11(14)7-13(2)3/h9-12,14H,4-8H2,1-3H3. The highest BCUT2D eigenvalue weighted by atomic mass is 16.5. The van der Waals surface area contributed by atoms with E-state index in [0.717, 1.165) is 19.6 Å². The Balaban J connectivity index is 2.12. The quantitative estimate of drug-likeness (QED) is 0.652. The van der Waals surface area contributed by atoms with Crippen LogP contribution in [0.5, 0.6) is 0 Å². The summed E-state index contributed by atoms with van der Waals surface area (Å²) in [4.78, 5) is 2.00. The largest absolute Gasteiger partial charge is 0.390 e. The molecule has 0 bridgehead atoms. The van der Waals surface area contributed by atoms with Gasteiger partial charge in [0.15, 0.2) is 0 Å². The SMILES string of the molecule is CC(NCC(O)CN(C)C)C1CCOC1. The molecular formula is C11H24N2O2. The van der Waals surface area contributed by atoms with Crippen molar-refractivity contribution in [2.45, 2.75) is 25.5 Å². The molecule has 0 amide bonds. The predicted octanol–water partition coefficient (Wildman–Crippen LogP) is -0.0765. The summed E-state index contributed by atoms with van der Waals surface area (Å²) in [5.41, 5.74) is 0. The molecule has 0 radical (unpaired) electrons. The van der Waals surface area contributed by atoms with Crippen molar-refractivity contribution in [3.63, 3.8) is 0 Å². The van der Waals surface area contributed by atoms with Gasteiger partial charge in [-0.25, -0.2) is 0 Å². The maximum absolute atomic E-state index is 9.68. The highest BCUT2D eigenvalue weighted by Crippen LogP contribution is 2.16. The number of hydrogen-bond acceptors (Lipinski definition) is 4. The van der Waals surface area contributed by atoms with Gasteiger partial charge in [0.25, 0.3) is 0 Å². The first-order chi connectivity index (χ1) is 7.09. The summed E-state index contributed by atoms with van der Waals surface area (Å²) >= 11 is 0. The minimum atomic E-state index is -0.287. The van der Waals surface area contributed by atoms with E-state index in [1.54, 1.807) is 0 Å². The summed E-state index contributed by atoms with van der Waals surface area (Å²) < 4.78 is 5.34. The van der Waals surface area contributed by atoms with Crippen molar-refractivity contribution in [1.29, 1.82) is 0 Å². The number of ether oxygens (including phenoxy) is 1. The van der Waals surface area contributed by atoms with Crippen LogP contribution >= 0.6 is 0 Å². The van der Waals surface area contributed by atoms with E-state index in [-0.39, 0.29) is 6.10 Å². The zero-order valence-electron chi connectivity index (χ0n) is 10.1. The second-order valence-corrected chi connectivity index (χ2v) is 4.74. The molecule has 1 fully saturated rings. The highest BCUT2D eigenvalue weighted by molar-refractivity contribution is 4.77. The number of hydrogen-bond donors (Lipinski definition) is 2. The van der Waals surface area contributed by atoms with Crippen LogP contribution in [0.4, 0.5) is 0 Å². The molecule has 0 aromatic heterocycles.